The smallest absolute Gasteiger partial charge is 0.213 e. The minimum Gasteiger partial charge on any atom is -0.492 e. The van der Waals surface area contributed by atoms with Gasteiger partial charge < -0.3 is 24.9 Å². The predicted molar refractivity (Wildman–Crippen MR) is 153 cm³/mol. The summed E-state index contributed by atoms with van der Waals surface area (Å²) in [6.45, 7) is 1.31. The molecule has 0 saturated carbocycles. The van der Waals surface area contributed by atoms with Crippen LogP contribution in [-0.4, -0.2) is 38.2 Å². The van der Waals surface area contributed by atoms with Gasteiger partial charge in [0.1, 0.15) is 24.7 Å². The van der Waals surface area contributed by atoms with E-state index in [1.165, 1.54) is 5.39 Å². The summed E-state index contributed by atoms with van der Waals surface area (Å²) in [6.07, 6.45) is -1.02. The summed E-state index contributed by atoms with van der Waals surface area (Å²) in [5.74, 6) is 0.755. The van der Waals surface area contributed by atoms with Gasteiger partial charge >= 0.3 is 0 Å². The monoisotopic (exact) mass is 545 g/mol. The molecule has 8 nitrogen and oxygen atoms in total. The maximum absolute atomic E-state index is 11.9. The number of hydrogen-bond donors (Lipinski definition) is 4. The van der Waals surface area contributed by atoms with Crippen molar-refractivity contribution in [2.24, 2.45) is 5.14 Å². The van der Waals surface area contributed by atoms with Crippen molar-refractivity contribution in [2.75, 3.05) is 19.7 Å². The first kappa shape index (κ1) is 26.7. The Labute approximate surface area is 227 Å². The maximum atomic E-state index is 11.9. The van der Waals surface area contributed by atoms with E-state index in [1.54, 1.807) is 18.2 Å². The molecule has 5 rings (SSSR count). The molecule has 0 aliphatic carbocycles. The average molecular weight is 546 g/mol. The highest BCUT2D eigenvalue weighted by Gasteiger charge is 2.21. The molecule has 0 amide bonds. The van der Waals surface area contributed by atoms with E-state index in [9.17, 15) is 13.5 Å². The van der Waals surface area contributed by atoms with Crippen LogP contribution in [0.4, 0.5) is 0 Å². The molecule has 0 aliphatic rings. The van der Waals surface area contributed by atoms with Crippen LogP contribution in [0.25, 0.3) is 21.8 Å². The van der Waals surface area contributed by atoms with Crippen LogP contribution in [0, 0.1) is 0 Å². The number of rotatable bonds is 12. The van der Waals surface area contributed by atoms with E-state index in [4.69, 9.17) is 14.6 Å². The Morgan fingerprint density at radius 3 is 2.46 bits per heavy atom. The molecule has 202 valence electrons. The number of sulfonamides is 1. The molecule has 1 heterocycles. The van der Waals surface area contributed by atoms with Crippen LogP contribution >= 0.6 is 0 Å². The summed E-state index contributed by atoms with van der Waals surface area (Å²) < 4.78 is 35.6. The van der Waals surface area contributed by atoms with Gasteiger partial charge in [-0.1, -0.05) is 60.7 Å². The molecular formula is C30H31N3O5S. The molecule has 0 aliphatic heterocycles. The fourth-order valence-electron chi connectivity index (χ4n) is 4.68. The maximum Gasteiger partial charge on any atom is 0.213 e. The second-order valence-electron chi connectivity index (χ2n) is 9.36. The van der Waals surface area contributed by atoms with Crippen molar-refractivity contribution in [2.45, 2.75) is 18.5 Å². The number of primary sulfonamides is 1. The van der Waals surface area contributed by atoms with Crippen molar-refractivity contribution in [1.82, 2.24) is 10.3 Å². The van der Waals surface area contributed by atoms with Crippen LogP contribution in [0.3, 0.4) is 0 Å². The second kappa shape index (κ2) is 11.9. The first-order chi connectivity index (χ1) is 18.9. The molecule has 0 radical (unpaired) electrons. The van der Waals surface area contributed by atoms with E-state index < -0.39 is 21.9 Å². The molecular weight excluding hydrogens is 514 g/mol. The SMILES string of the molecule is NS(=O)(=O)Cc1cccc(OCc2ccccc2)c1C(O)CNCCOc1ccc2c(c1)[nH]c1ccccc12. The van der Waals surface area contributed by atoms with E-state index in [1.807, 2.05) is 66.7 Å². The van der Waals surface area contributed by atoms with Crippen LogP contribution in [0.15, 0.2) is 91.0 Å². The first-order valence-electron chi connectivity index (χ1n) is 12.7. The van der Waals surface area contributed by atoms with Crippen molar-refractivity contribution in [3.8, 4) is 11.5 Å². The second-order valence-corrected chi connectivity index (χ2v) is 11.0. The van der Waals surface area contributed by atoms with Gasteiger partial charge in [0.2, 0.25) is 10.0 Å². The molecule has 4 aromatic carbocycles. The molecule has 1 aromatic heterocycles. The molecule has 1 unspecified atom stereocenters. The number of aliphatic hydroxyl groups is 1. The minimum atomic E-state index is -3.81. The van der Waals surface area contributed by atoms with Gasteiger partial charge in [-0.2, -0.15) is 0 Å². The van der Waals surface area contributed by atoms with Gasteiger partial charge in [-0.25, -0.2) is 13.6 Å². The number of aromatic amines is 1. The summed E-state index contributed by atoms with van der Waals surface area (Å²) in [7, 11) is -3.81. The fourth-order valence-corrected chi connectivity index (χ4v) is 5.36. The van der Waals surface area contributed by atoms with Crippen LogP contribution in [0.1, 0.15) is 22.8 Å². The zero-order valence-corrected chi connectivity index (χ0v) is 22.2. The number of hydrogen-bond acceptors (Lipinski definition) is 6. The highest BCUT2D eigenvalue weighted by atomic mass is 32.2. The predicted octanol–water partition coefficient (Wildman–Crippen LogP) is 4.39. The minimum absolute atomic E-state index is 0.174. The summed E-state index contributed by atoms with van der Waals surface area (Å²) in [4.78, 5) is 3.41. The van der Waals surface area contributed by atoms with E-state index in [0.29, 0.717) is 30.0 Å². The zero-order chi connectivity index (χ0) is 27.2. The molecule has 1 atom stereocenters. The molecule has 0 bridgehead atoms. The van der Waals surface area contributed by atoms with E-state index in [0.717, 1.165) is 27.7 Å². The molecule has 5 aromatic rings. The molecule has 0 spiro atoms. The Kier molecular flexibility index (Phi) is 8.13. The number of benzene rings is 4. The lowest BCUT2D eigenvalue weighted by atomic mass is 10.0. The van der Waals surface area contributed by atoms with Crippen LogP contribution in [0.2, 0.25) is 0 Å². The van der Waals surface area contributed by atoms with Gasteiger partial charge in [-0.15, -0.1) is 0 Å². The molecule has 0 fully saturated rings. The number of aliphatic hydroxyl groups excluding tert-OH is 1. The molecule has 39 heavy (non-hydrogen) atoms. The van der Waals surface area contributed by atoms with Crippen molar-refractivity contribution in [1.29, 1.82) is 0 Å². The normalized spacial score (nSPS) is 12.6. The van der Waals surface area contributed by atoms with Gasteiger partial charge in [0.15, 0.2) is 0 Å². The number of fused-ring (bicyclic) bond motifs is 3. The average Bonchev–Trinajstić information content (AvgIpc) is 3.29. The highest BCUT2D eigenvalue weighted by molar-refractivity contribution is 7.88. The van der Waals surface area contributed by atoms with Gasteiger partial charge in [-0.3, -0.25) is 0 Å². The number of nitrogens with one attached hydrogen (secondary N) is 2. The van der Waals surface area contributed by atoms with Crippen LogP contribution in [0.5, 0.6) is 11.5 Å². The summed E-state index contributed by atoms with van der Waals surface area (Å²) in [6, 6.07) is 28.8. The molecule has 5 N–H and O–H groups in total. The fraction of sp³-hybridized carbons (Fsp3) is 0.200. The number of ether oxygens (including phenoxy) is 2. The van der Waals surface area contributed by atoms with Gasteiger partial charge in [0.25, 0.3) is 0 Å². The van der Waals surface area contributed by atoms with Crippen LogP contribution in [-0.2, 0) is 22.4 Å². The van der Waals surface area contributed by atoms with Gasteiger partial charge in [-0.05, 0) is 35.4 Å². The summed E-state index contributed by atoms with van der Waals surface area (Å²) in [5, 5.41) is 21.9. The number of aromatic nitrogens is 1. The Hall–Kier alpha value is -3.89. The Balaban J connectivity index is 1.21. The largest absolute Gasteiger partial charge is 0.492 e. The van der Waals surface area contributed by atoms with Crippen molar-refractivity contribution < 1.29 is 23.0 Å². The number of para-hydroxylation sites is 1. The lowest BCUT2D eigenvalue weighted by molar-refractivity contribution is 0.164. The van der Waals surface area contributed by atoms with Crippen molar-refractivity contribution in [3.05, 3.63) is 108 Å². The Morgan fingerprint density at radius 1 is 0.872 bits per heavy atom. The third kappa shape index (κ3) is 6.76. The third-order valence-corrected chi connectivity index (χ3v) is 7.16. The summed E-state index contributed by atoms with van der Waals surface area (Å²) >= 11 is 0. The lowest BCUT2D eigenvalue weighted by Gasteiger charge is -2.20. The Bertz CT molecular complexity index is 1670. The Morgan fingerprint density at radius 2 is 1.64 bits per heavy atom. The van der Waals surface area contributed by atoms with E-state index in [-0.39, 0.29) is 13.2 Å². The first-order valence-corrected chi connectivity index (χ1v) is 14.4. The standard InChI is InChI=1S/C30H31N3O5S/c31-39(35,36)20-22-9-6-12-29(38-19-21-7-2-1-3-8-21)30(22)28(34)18-32-15-16-37-23-13-14-25-24-10-4-5-11-26(24)33-27(25)17-23/h1-14,17,28,32-34H,15-16,18-20H2,(H2,31,35,36). The van der Waals surface area contributed by atoms with Crippen molar-refractivity contribution in [3.63, 3.8) is 0 Å². The number of nitrogens with two attached hydrogens (primary N) is 1. The third-order valence-electron chi connectivity index (χ3n) is 6.45. The van der Waals surface area contributed by atoms with Gasteiger partial charge in [0, 0.05) is 41.0 Å². The molecule has 9 heteroatoms. The summed E-state index contributed by atoms with van der Waals surface area (Å²) in [5.41, 5.74) is 3.85. The molecule has 0 saturated heterocycles. The van der Waals surface area contributed by atoms with Crippen molar-refractivity contribution >= 4 is 31.8 Å². The quantitative estimate of drug-likeness (QED) is 0.172. The number of H-pyrrole nitrogens is 1. The van der Waals surface area contributed by atoms with E-state index in [2.05, 4.69) is 16.4 Å². The lowest BCUT2D eigenvalue weighted by Crippen LogP contribution is -2.27. The zero-order valence-electron chi connectivity index (χ0n) is 21.3. The van der Waals surface area contributed by atoms with Gasteiger partial charge in [0.05, 0.1) is 17.4 Å². The topological polar surface area (TPSA) is 127 Å². The van der Waals surface area contributed by atoms with E-state index >= 15 is 0 Å². The highest BCUT2D eigenvalue weighted by Crippen LogP contribution is 2.31. The van der Waals surface area contributed by atoms with Crippen LogP contribution < -0.4 is 19.9 Å².